The Balaban J connectivity index is 1.69. The van der Waals surface area contributed by atoms with Crippen molar-refractivity contribution in [1.29, 1.82) is 0 Å². The van der Waals surface area contributed by atoms with Gasteiger partial charge >= 0.3 is 5.97 Å². The molecule has 2 N–H and O–H groups in total. The number of carbonyl (C=O) groups excluding carboxylic acids is 1. The van der Waals surface area contributed by atoms with E-state index in [-0.39, 0.29) is 11.7 Å². The molecule has 0 bridgehead atoms. The van der Waals surface area contributed by atoms with Crippen molar-refractivity contribution >= 4 is 16.9 Å². The van der Waals surface area contributed by atoms with Gasteiger partial charge in [-0.2, -0.15) is 0 Å². The van der Waals surface area contributed by atoms with Crippen LogP contribution in [0.3, 0.4) is 0 Å². The molecule has 152 valence electrons. The average Bonchev–Trinajstić information content (AvgIpc) is 3.06. The van der Waals surface area contributed by atoms with Crippen molar-refractivity contribution in [2.24, 2.45) is 0 Å². The minimum atomic E-state index is -0.362. The number of H-pyrrole nitrogens is 1. The highest BCUT2D eigenvalue weighted by atomic mass is 16.5. The molecule has 0 atom stereocenters. The summed E-state index contributed by atoms with van der Waals surface area (Å²) < 4.78 is 10.6. The van der Waals surface area contributed by atoms with E-state index in [9.17, 15) is 9.90 Å². The van der Waals surface area contributed by atoms with Crippen molar-refractivity contribution in [2.45, 2.75) is 33.4 Å². The maximum atomic E-state index is 12.6. The Morgan fingerprint density at radius 1 is 1.24 bits per heavy atom. The molecule has 4 rings (SSSR count). The fourth-order valence-electron chi connectivity index (χ4n) is 4.17. The number of fused-ring (bicyclic) bond motifs is 2. The topological polar surface area (TPSA) is 74.8 Å². The van der Waals surface area contributed by atoms with E-state index in [1.807, 2.05) is 19.1 Å². The minimum absolute atomic E-state index is 0.197. The highest BCUT2D eigenvalue weighted by Crippen LogP contribution is 2.34. The van der Waals surface area contributed by atoms with Gasteiger partial charge in [-0.3, -0.25) is 4.90 Å². The third-order valence-electron chi connectivity index (χ3n) is 5.60. The van der Waals surface area contributed by atoms with Crippen LogP contribution in [0.25, 0.3) is 10.9 Å². The molecule has 0 aliphatic carbocycles. The molecule has 0 saturated heterocycles. The number of aromatic hydroxyl groups is 1. The van der Waals surface area contributed by atoms with Crippen LogP contribution in [0.2, 0.25) is 0 Å². The van der Waals surface area contributed by atoms with Gasteiger partial charge in [-0.25, -0.2) is 4.79 Å². The number of nitrogens with one attached hydrogen (secondary N) is 1. The van der Waals surface area contributed by atoms with Crippen molar-refractivity contribution in [3.63, 3.8) is 0 Å². The third-order valence-corrected chi connectivity index (χ3v) is 5.60. The molecule has 3 aromatic rings. The van der Waals surface area contributed by atoms with Crippen LogP contribution in [0.1, 0.15) is 39.7 Å². The average molecular weight is 394 g/mol. The fourth-order valence-corrected chi connectivity index (χ4v) is 4.17. The molecule has 2 heterocycles. The van der Waals surface area contributed by atoms with E-state index < -0.39 is 0 Å². The number of carbonyl (C=O) groups is 1. The van der Waals surface area contributed by atoms with Gasteiger partial charge in [-0.1, -0.05) is 6.07 Å². The molecular formula is C23H26N2O4. The lowest BCUT2D eigenvalue weighted by atomic mass is 9.97. The smallest absolute Gasteiger partial charge is 0.340 e. The SMILES string of the molecule is CCOC(=O)c1c(C)[nH]c2ccc(O)c(CN3CCc4cc(OC)ccc4C3)c12. The second kappa shape index (κ2) is 7.79. The summed E-state index contributed by atoms with van der Waals surface area (Å²) in [5, 5.41) is 11.4. The number of benzene rings is 2. The number of aromatic nitrogens is 1. The lowest BCUT2D eigenvalue weighted by Crippen LogP contribution is -2.30. The molecule has 29 heavy (non-hydrogen) atoms. The van der Waals surface area contributed by atoms with Crippen molar-refractivity contribution in [2.75, 3.05) is 20.3 Å². The maximum absolute atomic E-state index is 12.6. The number of hydrogen-bond acceptors (Lipinski definition) is 5. The number of aryl methyl sites for hydroxylation is 1. The Morgan fingerprint density at radius 3 is 2.83 bits per heavy atom. The Labute approximate surface area is 170 Å². The summed E-state index contributed by atoms with van der Waals surface area (Å²) in [7, 11) is 1.68. The van der Waals surface area contributed by atoms with Gasteiger partial charge in [0.15, 0.2) is 0 Å². The molecule has 2 aromatic carbocycles. The minimum Gasteiger partial charge on any atom is -0.508 e. The highest BCUT2D eigenvalue weighted by molar-refractivity contribution is 6.07. The van der Waals surface area contributed by atoms with Crippen molar-refractivity contribution in [1.82, 2.24) is 9.88 Å². The summed E-state index contributed by atoms with van der Waals surface area (Å²) in [5.41, 5.74) is 5.41. The molecule has 0 spiro atoms. The molecule has 0 fully saturated rings. The number of ether oxygens (including phenoxy) is 2. The Morgan fingerprint density at radius 2 is 2.07 bits per heavy atom. The van der Waals surface area contributed by atoms with Gasteiger partial charge in [0.1, 0.15) is 11.5 Å². The van der Waals surface area contributed by atoms with Crippen LogP contribution in [0.15, 0.2) is 30.3 Å². The zero-order valence-corrected chi connectivity index (χ0v) is 17.0. The van der Waals surface area contributed by atoms with E-state index in [0.29, 0.717) is 18.7 Å². The zero-order valence-electron chi connectivity index (χ0n) is 17.0. The van der Waals surface area contributed by atoms with E-state index in [1.54, 1.807) is 20.1 Å². The molecule has 0 amide bonds. The molecule has 6 nitrogen and oxygen atoms in total. The number of rotatable bonds is 5. The predicted octanol–water partition coefficient (Wildman–Crippen LogP) is 3.93. The lowest BCUT2D eigenvalue weighted by Gasteiger charge is -2.29. The standard InChI is InChI=1S/C23H26N2O4/c1-4-29-23(27)21-14(2)24-19-7-8-20(26)18(22(19)21)13-25-10-9-15-11-17(28-3)6-5-16(15)12-25/h5-8,11,24,26H,4,9-10,12-13H2,1-3H3. The summed E-state index contributed by atoms with van der Waals surface area (Å²) in [6.45, 7) is 6.17. The Bertz CT molecular complexity index is 1070. The summed E-state index contributed by atoms with van der Waals surface area (Å²) in [4.78, 5) is 18.1. The van der Waals surface area contributed by atoms with Crippen LogP contribution < -0.4 is 4.74 Å². The van der Waals surface area contributed by atoms with Gasteiger partial charge in [0.2, 0.25) is 0 Å². The number of nitrogens with zero attached hydrogens (tertiary/aromatic N) is 1. The summed E-state index contributed by atoms with van der Waals surface area (Å²) in [6, 6.07) is 9.67. The molecule has 0 saturated carbocycles. The predicted molar refractivity (Wildman–Crippen MR) is 111 cm³/mol. The van der Waals surface area contributed by atoms with Gasteiger partial charge in [0, 0.05) is 41.8 Å². The van der Waals surface area contributed by atoms with Gasteiger partial charge in [0.05, 0.1) is 19.3 Å². The fraction of sp³-hybridized carbons (Fsp3) is 0.348. The number of methoxy groups -OCH3 is 1. The zero-order chi connectivity index (χ0) is 20.5. The van der Waals surface area contributed by atoms with E-state index in [1.165, 1.54) is 11.1 Å². The van der Waals surface area contributed by atoms with Crippen LogP contribution in [0.4, 0.5) is 0 Å². The van der Waals surface area contributed by atoms with Crippen LogP contribution in [-0.2, 0) is 24.2 Å². The third kappa shape index (κ3) is 3.56. The number of aromatic amines is 1. The Kier molecular flexibility index (Phi) is 5.20. The van der Waals surface area contributed by atoms with E-state index in [4.69, 9.17) is 9.47 Å². The van der Waals surface area contributed by atoms with E-state index in [2.05, 4.69) is 22.0 Å². The van der Waals surface area contributed by atoms with Gasteiger partial charge < -0.3 is 19.6 Å². The molecule has 1 aliphatic rings. The number of esters is 1. The van der Waals surface area contributed by atoms with E-state index in [0.717, 1.165) is 47.4 Å². The number of hydrogen-bond donors (Lipinski definition) is 2. The lowest BCUT2D eigenvalue weighted by molar-refractivity contribution is 0.0528. The van der Waals surface area contributed by atoms with Crippen LogP contribution >= 0.6 is 0 Å². The first-order valence-electron chi connectivity index (χ1n) is 9.90. The summed E-state index contributed by atoms with van der Waals surface area (Å²) in [5.74, 6) is 0.711. The van der Waals surface area contributed by atoms with Crippen molar-refractivity contribution in [3.05, 3.63) is 58.3 Å². The first kappa shape index (κ1) is 19.3. The normalized spacial score (nSPS) is 14.0. The van der Waals surface area contributed by atoms with Gasteiger partial charge in [0.25, 0.3) is 0 Å². The van der Waals surface area contributed by atoms with E-state index >= 15 is 0 Å². The quantitative estimate of drug-likeness (QED) is 0.642. The molecule has 1 aromatic heterocycles. The highest BCUT2D eigenvalue weighted by Gasteiger charge is 2.24. The molecule has 1 aliphatic heterocycles. The monoisotopic (exact) mass is 394 g/mol. The number of phenolic OH excluding ortho intramolecular Hbond substituents is 1. The second-order valence-corrected chi connectivity index (χ2v) is 7.43. The van der Waals surface area contributed by atoms with Crippen LogP contribution in [0.5, 0.6) is 11.5 Å². The summed E-state index contributed by atoms with van der Waals surface area (Å²) in [6.07, 6.45) is 0.917. The Hall–Kier alpha value is -2.99. The molecule has 0 unspecified atom stereocenters. The van der Waals surface area contributed by atoms with Gasteiger partial charge in [-0.15, -0.1) is 0 Å². The van der Waals surface area contributed by atoms with Gasteiger partial charge in [-0.05, 0) is 55.7 Å². The van der Waals surface area contributed by atoms with Crippen molar-refractivity contribution < 1.29 is 19.4 Å². The van der Waals surface area contributed by atoms with Crippen LogP contribution in [-0.4, -0.2) is 41.2 Å². The van der Waals surface area contributed by atoms with Crippen molar-refractivity contribution in [3.8, 4) is 11.5 Å². The maximum Gasteiger partial charge on any atom is 0.340 e. The first-order chi connectivity index (χ1) is 14.0. The molecular weight excluding hydrogens is 368 g/mol. The molecule has 0 radical (unpaired) electrons. The summed E-state index contributed by atoms with van der Waals surface area (Å²) >= 11 is 0. The van der Waals surface area contributed by atoms with Crippen LogP contribution in [0, 0.1) is 6.92 Å². The molecule has 6 heteroatoms. The largest absolute Gasteiger partial charge is 0.508 e. The second-order valence-electron chi connectivity index (χ2n) is 7.43. The first-order valence-corrected chi connectivity index (χ1v) is 9.90. The number of phenols is 1.